The first kappa shape index (κ1) is 21.1. The Hall–Kier alpha value is -2.65. The SMILES string of the molecule is CC(C)(C)OC(=O)N(CCC[NH2+]Cc1nccs1)C(=O)c1ccc2c(c1)OCO2. The van der Waals surface area contributed by atoms with Crippen molar-refractivity contribution in [1.82, 2.24) is 9.88 Å². The van der Waals surface area contributed by atoms with Crippen molar-refractivity contribution in [3.63, 3.8) is 0 Å². The summed E-state index contributed by atoms with van der Waals surface area (Å²) < 4.78 is 16.1. The number of imide groups is 1. The number of amides is 2. The average Bonchev–Trinajstić information content (AvgIpc) is 3.33. The number of thiazole rings is 1. The van der Waals surface area contributed by atoms with Gasteiger partial charge >= 0.3 is 6.09 Å². The largest absolute Gasteiger partial charge is 0.454 e. The molecule has 0 saturated heterocycles. The second-order valence-corrected chi connectivity index (χ2v) is 8.55. The molecule has 8 nitrogen and oxygen atoms in total. The van der Waals surface area contributed by atoms with Crippen LogP contribution in [-0.2, 0) is 11.3 Å². The van der Waals surface area contributed by atoms with Crippen molar-refractivity contribution in [2.24, 2.45) is 0 Å². The summed E-state index contributed by atoms with van der Waals surface area (Å²) in [5, 5.41) is 5.10. The van der Waals surface area contributed by atoms with Crippen LogP contribution >= 0.6 is 11.3 Å². The van der Waals surface area contributed by atoms with E-state index in [9.17, 15) is 9.59 Å². The highest BCUT2D eigenvalue weighted by molar-refractivity contribution is 7.09. The molecule has 1 aliphatic heterocycles. The number of rotatable bonds is 7. The molecule has 0 fully saturated rings. The van der Waals surface area contributed by atoms with Crippen LogP contribution in [0.15, 0.2) is 29.8 Å². The number of hydrogen-bond donors (Lipinski definition) is 1. The number of hydrogen-bond acceptors (Lipinski definition) is 7. The number of fused-ring (bicyclic) bond motifs is 1. The summed E-state index contributed by atoms with van der Waals surface area (Å²) >= 11 is 1.61. The number of benzene rings is 1. The zero-order valence-corrected chi connectivity index (χ0v) is 17.7. The van der Waals surface area contributed by atoms with Crippen molar-refractivity contribution in [3.8, 4) is 11.5 Å². The molecule has 0 saturated carbocycles. The molecule has 1 aromatic heterocycles. The van der Waals surface area contributed by atoms with E-state index in [0.717, 1.165) is 23.0 Å². The van der Waals surface area contributed by atoms with E-state index < -0.39 is 17.6 Å². The van der Waals surface area contributed by atoms with Gasteiger partial charge in [-0.2, -0.15) is 0 Å². The second kappa shape index (κ2) is 9.23. The summed E-state index contributed by atoms with van der Waals surface area (Å²) in [4.78, 5) is 31.1. The van der Waals surface area contributed by atoms with Crippen LogP contribution in [-0.4, -0.2) is 47.4 Å². The molecule has 156 valence electrons. The molecular formula is C20H26N3O5S+. The lowest BCUT2D eigenvalue weighted by atomic mass is 10.1. The van der Waals surface area contributed by atoms with Gasteiger partial charge in [0.2, 0.25) is 6.79 Å². The summed E-state index contributed by atoms with van der Waals surface area (Å²) in [6, 6.07) is 4.89. The highest BCUT2D eigenvalue weighted by atomic mass is 32.1. The van der Waals surface area contributed by atoms with Gasteiger partial charge in [-0.3, -0.25) is 4.79 Å². The van der Waals surface area contributed by atoms with Crippen molar-refractivity contribution in [3.05, 3.63) is 40.3 Å². The Balaban J connectivity index is 1.63. The fourth-order valence-corrected chi connectivity index (χ4v) is 3.37. The van der Waals surface area contributed by atoms with Crippen molar-refractivity contribution in [2.45, 2.75) is 39.3 Å². The van der Waals surface area contributed by atoms with E-state index in [1.54, 1.807) is 56.5 Å². The lowest BCUT2D eigenvalue weighted by molar-refractivity contribution is -0.670. The summed E-state index contributed by atoms with van der Waals surface area (Å²) in [6.07, 6.45) is 1.77. The molecule has 2 N–H and O–H groups in total. The molecule has 0 unspecified atom stereocenters. The van der Waals surface area contributed by atoms with Gasteiger partial charge in [-0.15, -0.1) is 11.3 Å². The van der Waals surface area contributed by atoms with Crippen LogP contribution < -0.4 is 14.8 Å². The number of quaternary nitrogens is 1. The quantitative estimate of drug-likeness (QED) is 0.691. The Morgan fingerprint density at radius 3 is 2.79 bits per heavy atom. The molecule has 3 rings (SSSR count). The van der Waals surface area contributed by atoms with E-state index >= 15 is 0 Å². The lowest BCUT2D eigenvalue weighted by Gasteiger charge is -2.26. The maximum atomic E-state index is 13.0. The van der Waals surface area contributed by atoms with Gasteiger partial charge in [-0.1, -0.05) is 0 Å². The molecule has 29 heavy (non-hydrogen) atoms. The summed E-state index contributed by atoms with van der Waals surface area (Å²) in [6.45, 7) is 7.24. The normalized spacial score (nSPS) is 12.7. The molecule has 0 atom stereocenters. The monoisotopic (exact) mass is 420 g/mol. The number of nitrogens with zero attached hydrogens (tertiary/aromatic N) is 2. The van der Waals surface area contributed by atoms with Crippen LogP contribution in [0.25, 0.3) is 0 Å². The van der Waals surface area contributed by atoms with Gasteiger partial charge in [0.05, 0.1) is 6.54 Å². The highest BCUT2D eigenvalue weighted by Gasteiger charge is 2.29. The van der Waals surface area contributed by atoms with E-state index in [1.165, 1.54) is 0 Å². The Morgan fingerprint density at radius 1 is 1.28 bits per heavy atom. The molecular weight excluding hydrogens is 394 g/mol. The molecule has 0 aliphatic carbocycles. The standard InChI is InChI=1S/C20H25N3O5S/c1-20(2,3)28-19(25)23(9-4-7-21-12-17-22-8-10-29-17)18(24)14-5-6-15-16(11-14)27-13-26-15/h5-6,8,10-11,21H,4,7,9,12-13H2,1-3H3/p+1. The van der Waals surface area contributed by atoms with Gasteiger partial charge in [0.15, 0.2) is 11.5 Å². The second-order valence-electron chi connectivity index (χ2n) is 7.57. The van der Waals surface area contributed by atoms with Crippen LogP contribution in [0.1, 0.15) is 42.6 Å². The van der Waals surface area contributed by atoms with Gasteiger partial charge in [-0.25, -0.2) is 14.7 Å². The van der Waals surface area contributed by atoms with Crippen LogP contribution in [0.5, 0.6) is 11.5 Å². The smallest absolute Gasteiger partial charge is 0.417 e. The first-order chi connectivity index (χ1) is 13.8. The van der Waals surface area contributed by atoms with E-state index in [2.05, 4.69) is 10.3 Å². The van der Waals surface area contributed by atoms with Crippen LogP contribution in [0.3, 0.4) is 0 Å². The number of aromatic nitrogens is 1. The molecule has 2 amide bonds. The van der Waals surface area contributed by atoms with E-state index in [-0.39, 0.29) is 13.3 Å². The molecule has 9 heteroatoms. The third kappa shape index (κ3) is 5.91. The zero-order chi connectivity index (χ0) is 20.9. The van der Waals surface area contributed by atoms with Crippen LogP contribution in [0, 0.1) is 0 Å². The molecule has 2 aromatic rings. The Labute approximate surface area is 173 Å². The third-order valence-corrected chi connectivity index (χ3v) is 4.87. The fourth-order valence-electron chi connectivity index (χ4n) is 2.75. The van der Waals surface area contributed by atoms with Gasteiger partial charge in [0.25, 0.3) is 5.91 Å². The third-order valence-electron chi connectivity index (χ3n) is 4.07. The maximum absolute atomic E-state index is 13.0. The fraction of sp³-hybridized carbons (Fsp3) is 0.450. The first-order valence-corrected chi connectivity index (χ1v) is 10.4. The predicted octanol–water partition coefficient (Wildman–Crippen LogP) is 2.40. The molecule has 0 radical (unpaired) electrons. The Bertz CT molecular complexity index is 848. The minimum Gasteiger partial charge on any atom is -0.454 e. The predicted molar refractivity (Wildman–Crippen MR) is 107 cm³/mol. The molecule has 0 spiro atoms. The molecule has 1 aromatic carbocycles. The Kier molecular flexibility index (Phi) is 6.71. The van der Waals surface area contributed by atoms with E-state index in [1.807, 2.05) is 5.38 Å². The maximum Gasteiger partial charge on any atom is 0.417 e. The minimum absolute atomic E-state index is 0.123. The zero-order valence-electron chi connectivity index (χ0n) is 16.8. The van der Waals surface area contributed by atoms with Gasteiger partial charge < -0.3 is 19.5 Å². The van der Waals surface area contributed by atoms with Crippen molar-refractivity contribution in [2.75, 3.05) is 19.9 Å². The first-order valence-electron chi connectivity index (χ1n) is 9.48. The van der Waals surface area contributed by atoms with Crippen molar-refractivity contribution in [1.29, 1.82) is 0 Å². The topological polar surface area (TPSA) is 94.6 Å². The van der Waals surface area contributed by atoms with Crippen LogP contribution in [0.2, 0.25) is 0 Å². The Morgan fingerprint density at radius 2 is 2.07 bits per heavy atom. The molecule has 0 bridgehead atoms. The minimum atomic E-state index is -0.693. The summed E-state index contributed by atoms with van der Waals surface area (Å²) in [5.41, 5.74) is -0.339. The average molecular weight is 421 g/mol. The van der Waals surface area contributed by atoms with Gasteiger partial charge in [0, 0.05) is 30.1 Å². The van der Waals surface area contributed by atoms with Crippen molar-refractivity contribution >= 4 is 23.3 Å². The van der Waals surface area contributed by atoms with Crippen molar-refractivity contribution < 1.29 is 29.1 Å². The van der Waals surface area contributed by atoms with E-state index in [0.29, 0.717) is 23.5 Å². The number of ether oxygens (including phenoxy) is 3. The number of nitrogens with two attached hydrogens (primary N) is 1. The number of carbonyl (C=O) groups excluding carboxylic acids is 2. The van der Waals surface area contributed by atoms with E-state index in [4.69, 9.17) is 14.2 Å². The van der Waals surface area contributed by atoms with Gasteiger partial charge in [-0.05, 0) is 39.0 Å². The van der Waals surface area contributed by atoms with Gasteiger partial charge in [0.1, 0.15) is 17.2 Å². The molecule has 1 aliphatic rings. The summed E-state index contributed by atoms with van der Waals surface area (Å²) in [5.74, 6) is 0.663. The number of carbonyl (C=O) groups is 2. The lowest BCUT2D eigenvalue weighted by Crippen LogP contribution is -2.82. The molecule has 2 heterocycles. The summed E-state index contributed by atoms with van der Waals surface area (Å²) in [7, 11) is 0. The van der Waals surface area contributed by atoms with Crippen LogP contribution in [0.4, 0.5) is 4.79 Å². The highest BCUT2D eigenvalue weighted by Crippen LogP contribution is 2.33.